The molecule has 1 aromatic carbocycles. The summed E-state index contributed by atoms with van der Waals surface area (Å²) in [5.41, 5.74) is 3.60. The molecule has 2 heterocycles. The lowest BCUT2D eigenvalue weighted by Crippen LogP contribution is -2.41. The van der Waals surface area contributed by atoms with E-state index in [1.807, 2.05) is 0 Å². The quantitative estimate of drug-likeness (QED) is 0.825. The van der Waals surface area contributed by atoms with Gasteiger partial charge in [0.25, 0.3) is 0 Å². The molecule has 0 saturated carbocycles. The number of likely N-dealkylation sites (tertiary alicyclic amines) is 1. The first-order valence-electron chi connectivity index (χ1n) is 6.83. The van der Waals surface area contributed by atoms with Gasteiger partial charge in [-0.3, -0.25) is 4.90 Å². The summed E-state index contributed by atoms with van der Waals surface area (Å²) < 4.78 is 5.73. The van der Waals surface area contributed by atoms with Crippen LogP contribution in [0.1, 0.15) is 35.6 Å². The van der Waals surface area contributed by atoms with Crippen molar-refractivity contribution in [2.45, 2.75) is 38.8 Å². The van der Waals surface area contributed by atoms with Crippen molar-refractivity contribution in [1.82, 2.24) is 4.90 Å². The third-order valence-electron chi connectivity index (χ3n) is 4.06. The van der Waals surface area contributed by atoms with E-state index in [0.717, 1.165) is 18.8 Å². The van der Waals surface area contributed by atoms with Crippen molar-refractivity contribution in [3.63, 3.8) is 0 Å². The molecule has 3 rings (SSSR count). The van der Waals surface area contributed by atoms with E-state index in [1.165, 1.54) is 29.5 Å². The molecule has 1 fully saturated rings. The number of rotatable bonds is 1. The van der Waals surface area contributed by atoms with Crippen molar-refractivity contribution >= 4 is 0 Å². The monoisotopic (exact) mass is 247 g/mol. The zero-order chi connectivity index (χ0) is 12.7. The summed E-state index contributed by atoms with van der Waals surface area (Å²) in [6.45, 7) is 6.79. The maximum Gasteiger partial charge on any atom is 0.127 e. The molecule has 0 bridgehead atoms. The topological polar surface area (TPSA) is 32.7 Å². The van der Waals surface area contributed by atoms with Gasteiger partial charge in [0.1, 0.15) is 18.5 Å². The normalized spacial score (nSPS) is 27.9. The van der Waals surface area contributed by atoms with Crippen LogP contribution in [0.5, 0.6) is 5.75 Å². The van der Waals surface area contributed by atoms with Crippen LogP contribution in [0.2, 0.25) is 0 Å². The molecule has 3 nitrogen and oxygen atoms in total. The van der Waals surface area contributed by atoms with Gasteiger partial charge in [0, 0.05) is 5.56 Å². The molecular formula is C15H21NO2. The van der Waals surface area contributed by atoms with Crippen molar-refractivity contribution in [3.8, 4) is 5.75 Å². The first-order chi connectivity index (χ1) is 8.66. The number of fused-ring (bicyclic) bond motifs is 1. The number of hydrogen-bond acceptors (Lipinski definition) is 3. The SMILES string of the molecule is Cc1cc(C)c2c(c1)C(N1CCCC1)C(O)CO2. The third-order valence-corrected chi connectivity index (χ3v) is 4.06. The van der Waals surface area contributed by atoms with Crippen LogP contribution in [0.25, 0.3) is 0 Å². The maximum atomic E-state index is 10.3. The number of aliphatic hydroxyl groups excluding tert-OH is 1. The van der Waals surface area contributed by atoms with E-state index in [2.05, 4.69) is 30.9 Å². The average Bonchev–Trinajstić information content (AvgIpc) is 2.81. The van der Waals surface area contributed by atoms with Crippen LogP contribution in [-0.2, 0) is 0 Å². The summed E-state index contributed by atoms with van der Waals surface area (Å²) in [5.74, 6) is 0.989. The molecule has 1 aromatic rings. The van der Waals surface area contributed by atoms with Gasteiger partial charge in [-0.1, -0.05) is 17.7 Å². The van der Waals surface area contributed by atoms with Crippen molar-refractivity contribution in [1.29, 1.82) is 0 Å². The molecule has 0 aromatic heterocycles. The lowest BCUT2D eigenvalue weighted by atomic mass is 9.93. The summed E-state index contributed by atoms with van der Waals surface area (Å²) in [6.07, 6.45) is 2.07. The lowest BCUT2D eigenvalue weighted by molar-refractivity contribution is 0.00842. The van der Waals surface area contributed by atoms with Crippen molar-refractivity contribution in [3.05, 3.63) is 28.8 Å². The Morgan fingerprint density at radius 2 is 1.94 bits per heavy atom. The van der Waals surface area contributed by atoms with E-state index in [0.29, 0.717) is 6.61 Å². The van der Waals surface area contributed by atoms with Gasteiger partial charge in [0.05, 0.1) is 6.04 Å². The minimum absolute atomic E-state index is 0.120. The highest BCUT2D eigenvalue weighted by Gasteiger charge is 2.36. The lowest BCUT2D eigenvalue weighted by Gasteiger charge is -2.37. The Labute approximate surface area is 108 Å². The maximum absolute atomic E-state index is 10.3. The zero-order valence-corrected chi connectivity index (χ0v) is 11.1. The highest BCUT2D eigenvalue weighted by atomic mass is 16.5. The Balaban J connectivity index is 2.04. The molecule has 1 N–H and O–H groups in total. The molecule has 2 unspecified atom stereocenters. The Hall–Kier alpha value is -1.06. The van der Waals surface area contributed by atoms with Gasteiger partial charge in [0.2, 0.25) is 0 Å². The first kappa shape index (κ1) is 12.0. The minimum Gasteiger partial charge on any atom is -0.490 e. The standard InChI is InChI=1S/C15H21NO2/c1-10-7-11(2)15-12(8-10)14(13(17)9-18-15)16-5-3-4-6-16/h7-8,13-14,17H,3-6,9H2,1-2H3. The third kappa shape index (κ3) is 1.91. The van der Waals surface area contributed by atoms with Gasteiger partial charge in [-0.25, -0.2) is 0 Å². The van der Waals surface area contributed by atoms with Crippen LogP contribution in [0.4, 0.5) is 0 Å². The largest absolute Gasteiger partial charge is 0.490 e. The molecule has 2 aliphatic heterocycles. The number of benzene rings is 1. The summed E-state index contributed by atoms with van der Waals surface area (Å²) >= 11 is 0. The summed E-state index contributed by atoms with van der Waals surface area (Å²) in [4.78, 5) is 2.41. The fourth-order valence-electron chi connectivity index (χ4n) is 3.33. The van der Waals surface area contributed by atoms with Gasteiger partial charge in [-0.2, -0.15) is 0 Å². The molecule has 3 heteroatoms. The summed E-state index contributed by atoms with van der Waals surface area (Å²) in [5, 5.41) is 10.3. The van der Waals surface area contributed by atoms with E-state index in [9.17, 15) is 5.11 Å². The molecule has 2 aliphatic rings. The van der Waals surface area contributed by atoms with Crippen LogP contribution in [-0.4, -0.2) is 35.8 Å². The van der Waals surface area contributed by atoms with Crippen molar-refractivity contribution in [2.24, 2.45) is 0 Å². The number of aliphatic hydroxyl groups is 1. The van der Waals surface area contributed by atoms with Gasteiger partial charge < -0.3 is 9.84 Å². The zero-order valence-electron chi connectivity index (χ0n) is 11.1. The Kier molecular flexibility index (Phi) is 3.04. The molecule has 0 radical (unpaired) electrons. The van der Waals surface area contributed by atoms with Crippen molar-refractivity contribution < 1.29 is 9.84 Å². The van der Waals surface area contributed by atoms with Gasteiger partial charge in [-0.15, -0.1) is 0 Å². The van der Waals surface area contributed by atoms with Gasteiger partial charge in [-0.05, 0) is 45.3 Å². The van der Waals surface area contributed by atoms with Crippen molar-refractivity contribution in [2.75, 3.05) is 19.7 Å². The van der Waals surface area contributed by atoms with Gasteiger partial charge >= 0.3 is 0 Å². The fourth-order valence-corrected chi connectivity index (χ4v) is 3.33. The Morgan fingerprint density at radius 1 is 1.22 bits per heavy atom. The number of nitrogens with zero attached hydrogens (tertiary/aromatic N) is 1. The molecule has 0 spiro atoms. The van der Waals surface area contributed by atoms with Crippen LogP contribution in [0.15, 0.2) is 12.1 Å². The highest BCUT2D eigenvalue weighted by Crippen LogP contribution is 2.40. The number of hydrogen-bond donors (Lipinski definition) is 1. The summed E-state index contributed by atoms with van der Waals surface area (Å²) in [6, 6.07) is 4.44. The number of ether oxygens (including phenoxy) is 1. The fraction of sp³-hybridized carbons (Fsp3) is 0.600. The molecule has 2 atom stereocenters. The Morgan fingerprint density at radius 3 is 2.67 bits per heavy atom. The van der Waals surface area contributed by atoms with Crippen LogP contribution < -0.4 is 4.74 Å². The average molecular weight is 247 g/mol. The minimum atomic E-state index is -0.406. The predicted molar refractivity (Wildman–Crippen MR) is 71.0 cm³/mol. The summed E-state index contributed by atoms with van der Waals surface area (Å²) in [7, 11) is 0. The predicted octanol–water partition coefficient (Wildman–Crippen LogP) is 2.19. The molecule has 0 amide bonds. The molecule has 18 heavy (non-hydrogen) atoms. The van der Waals surface area contributed by atoms with Crippen LogP contribution in [0.3, 0.4) is 0 Å². The van der Waals surface area contributed by atoms with E-state index >= 15 is 0 Å². The van der Waals surface area contributed by atoms with Gasteiger partial charge in [0.15, 0.2) is 0 Å². The number of aryl methyl sites for hydroxylation is 2. The van der Waals surface area contributed by atoms with Crippen LogP contribution in [0, 0.1) is 13.8 Å². The Bertz CT molecular complexity index is 452. The van der Waals surface area contributed by atoms with E-state index in [4.69, 9.17) is 4.74 Å². The molecule has 98 valence electrons. The van der Waals surface area contributed by atoms with E-state index < -0.39 is 6.10 Å². The van der Waals surface area contributed by atoms with E-state index in [-0.39, 0.29) is 6.04 Å². The molecule has 1 saturated heterocycles. The smallest absolute Gasteiger partial charge is 0.127 e. The second-order valence-electron chi connectivity index (χ2n) is 5.57. The van der Waals surface area contributed by atoms with Crippen LogP contribution >= 0.6 is 0 Å². The molecular weight excluding hydrogens is 226 g/mol. The first-order valence-corrected chi connectivity index (χ1v) is 6.83. The highest BCUT2D eigenvalue weighted by molar-refractivity contribution is 5.47. The second kappa shape index (κ2) is 4.56. The molecule has 0 aliphatic carbocycles. The van der Waals surface area contributed by atoms with E-state index in [1.54, 1.807) is 0 Å². The second-order valence-corrected chi connectivity index (χ2v) is 5.57.